The number of nitrogens with one attached hydrogen (secondary N) is 1. The molecule has 0 aromatic carbocycles. The van der Waals surface area contributed by atoms with Crippen LogP contribution in [0.3, 0.4) is 0 Å². The average Bonchev–Trinajstić information content (AvgIpc) is 2.74. The van der Waals surface area contributed by atoms with Gasteiger partial charge in [0, 0.05) is 9.75 Å². The molecule has 90 valence electrons. The maximum atomic E-state index is 5.98. The Morgan fingerprint density at radius 2 is 2.29 bits per heavy atom. The van der Waals surface area contributed by atoms with Crippen LogP contribution in [-0.4, -0.2) is 17.1 Å². The average molecular weight is 270 g/mol. The lowest BCUT2D eigenvalue weighted by Crippen LogP contribution is -2.02. The zero-order valence-corrected chi connectivity index (χ0v) is 11.1. The van der Waals surface area contributed by atoms with Gasteiger partial charge in [-0.15, -0.1) is 11.3 Å². The topological polar surface area (TPSA) is 47.0 Å². The minimum atomic E-state index is 0.305. The molecular formula is C11H12ClN3OS. The molecule has 0 aliphatic carbocycles. The summed E-state index contributed by atoms with van der Waals surface area (Å²) in [6, 6.07) is 4.47. The Hall–Kier alpha value is -1.33. The van der Waals surface area contributed by atoms with Crippen molar-refractivity contribution in [2.45, 2.75) is 13.5 Å². The number of methoxy groups -OCH3 is 1. The highest BCUT2D eigenvalue weighted by molar-refractivity contribution is 7.11. The summed E-state index contributed by atoms with van der Waals surface area (Å²) in [6.07, 6.45) is 1.52. The van der Waals surface area contributed by atoms with Gasteiger partial charge in [0.15, 0.2) is 5.82 Å². The van der Waals surface area contributed by atoms with E-state index in [1.165, 1.54) is 23.1 Å². The van der Waals surface area contributed by atoms with Gasteiger partial charge < -0.3 is 10.1 Å². The molecule has 17 heavy (non-hydrogen) atoms. The number of ether oxygens (including phenoxy) is 1. The molecule has 0 fully saturated rings. The van der Waals surface area contributed by atoms with Crippen LogP contribution in [-0.2, 0) is 6.54 Å². The Kier molecular flexibility index (Phi) is 3.81. The summed E-state index contributed by atoms with van der Waals surface area (Å²) >= 11 is 7.73. The van der Waals surface area contributed by atoms with E-state index in [1.807, 2.05) is 0 Å². The Morgan fingerprint density at radius 3 is 2.94 bits per heavy atom. The third-order valence-electron chi connectivity index (χ3n) is 2.13. The van der Waals surface area contributed by atoms with Crippen LogP contribution in [0.1, 0.15) is 9.75 Å². The van der Waals surface area contributed by atoms with Crippen LogP contribution < -0.4 is 10.1 Å². The molecule has 6 heteroatoms. The molecule has 0 unspecified atom stereocenters. The first-order valence-electron chi connectivity index (χ1n) is 5.05. The first kappa shape index (κ1) is 12.1. The third-order valence-corrected chi connectivity index (χ3v) is 3.41. The smallest absolute Gasteiger partial charge is 0.318 e. The Bertz CT molecular complexity index is 515. The van der Waals surface area contributed by atoms with Crippen molar-refractivity contribution in [1.82, 2.24) is 9.97 Å². The van der Waals surface area contributed by atoms with Crippen molar-refractivity contribution >= 4 is 28.8 Å². The predicted molar refractivity (Wildman–Crippen MR) is 70.0 cm³/mol. The largest absolute Gasteiger partial charge is 0.467 e. The van der Waals surface area contributed by atoms with Crippen LogP contribution >= 0.6 is 22.9 Å². The van der Waals surface area contributed by atoms with Crippen LogP contribution in [0.15, 0.2) is 18.3 Å². The van der Waals surface area contributed by atoms with E-state index in [0.717, 1.165) is 0 Å². The Morgan fingerprint density at radius 1 is 1.47 bits per heavy atom. The van der Waals surface area contributed by atoms with Gasteiger partial charge in [-0.3, -0.25) is 0 Å². The third kappa shape index (κ3) is 3.08. The molecular weight excluding hydrogens is 258 g/mol. The molecule has 1 N–H and O–H groups in total. The zero-order valence-electron chi connectivity index (χ0n) is 9.53. The highest BCUT2D eigenvalue weighted by Gasteiger charge is 2.05. The van der Waals surface area contributed by atoms with Gasteiger partial charge in [0.25, 0.3) is 0 Å². The Labute approximate surface area is 109 Å². The summed E-state index contributed by atoms with van der Waals surface area (Å²) in [5.74, 6) is 0.588. The molecule has 4 nitrogen and oxygen atoms in total. The maximum absolute atomic E-state index is 5.98. The lowest BCUT2D eigenvalue weighted by molar-refractivity contribution is 0.380. The van der Waals surface area contributed by atoms with E-state index in [-0.39, 0.29) is 0 Å². The first-order valence-corrected chi connectivity index (χ1v) is 6.24. The summed E-state index contributed by atoms with van der Waals surface area (Å²) in [7, 11) is 1.52. The van der Waals surface area contributed by atoms with Crippen molar-refractivity contribution in [3.8, 4) is 6.01 Å². The minimum absolute atomic E-state index is 0.305. The number of hydrogen-bond donors (Lipinski definition) is 1. The highest BCUT2D eigenvalue weighted by atomic mass is 35.5. The van der Waals surface area contributed by atoms with Crippen molar-refractivity contribution in [2.75, 3.05) is 12.4 Å². The minimum Gasteiger partial charge on any atom is -0.467 e. The van der Waals surface area contributed by atoms with Gasteiger partial charge in [-0.05, 0) is 19.1 Å². The number of aromatic nitrogens is 2. The molecule has 0 aliphatic heterocycles. The highest BCUT2D eigenvalue weighted by Crippen LogP contribution is 2.22. The summed E-state index contributed by atoms with van der Waals surface area (Å²) in [6.45, 7) is 2.77. The van der Waals surface area contributed by atoms with E-state index in [1.54, 1.807) is 11.3 Å². The molecule has 2 aromatic rings. The number of halogens is 1. The summed E-state index contributed by atoms with van der Waals surface area (Å²) in [5, 5.41) is 3.65. The van der Waals surface area contributed by atoms with Crippen molar-refractivity contribution in [3.05, 3.63) is 33.1 Å². The van der Waals surface area contributed by atoms with E-state index in [0.29, 0.717) is 23.4 Å². The molecule has 0 spiro atoms. The molecule has 2 heterocycles. The summed E-state index contributed by atoms with van der Waals surface area (Å²) < 4.78 is 4.95. The van der Waals surface area contributed by atoms with Crippen molar-refractivity contribution in [3.63, 3.8) is 0 Å². The standard InChI is InChI=1S/C11H12ClN3OS/c1-7-3-4-8(17-7)5-13-10-9(12)6-14-11(15-10)16-2/h3-4,6H,5H2,1-2H3,(H,13,14,15). The van der Waals surface area contributed by atoms with Gasteiger partial charge in [-0.1, -0.05) is 11.6 Å². The second-order valence-electron chi connectivity index (χ2n) is 3.42. The number of thiophene rings is 1. The first-order chi connectivity index (χ1) is 8.19. The second-order valence-corrected chi connectivity index (χ2v) is 5.20. The monoisotopic (exact) mass is 269 g/mol. The van der Waals surface area contributed by atoms with Crippen molar-refractivity contribution in [2.24, 2.45) is 0 Å². The van der Waals surface area contributed by atoms with Gasteiger partial charge in [-0.25, -0.2) is 4.98 Å². The van der Waals surface area contributed by atoms with E-state index in [4.69, 9.17) is 16.3 Å². The van der Waals surface area contributed by atoms with Crippen LogP contribution in [0.5, 0.6) is 6.01 Å². The number of aryl methyl sites for hydroxylation is 1. The molecule has 0 saturated heterocycles. The number of rotatable bonds is 4. The summed E-state index contributed by atoms with van der Waals surface area (Å²) in [4.78, 5) is 10.6. The number of nitrogens with zero attached hydrogens (tertiary/aromatic N) is 2. The van der Waals surface area contributed by atoms with E-state index >= 15 is 0 Å². The fourth-order valence-electron chi connectivity index (χ4n) is 1.32. The summed E-state index contributed by atoms with van der Waals surface area (Å²) in [5.41, 5.74) is 0. The van der Waals surface area contributed by atoms with Gasteiger partial charge >= 0.3 is 6.01 Å². The molecule has 2 rings (SSSR count). The zero-order chi connectivity index (χ0) is 12.3. The van der Waals surface area contributed by atoms with Crippen LogP contribution in [0, 0.1) is 6.92 Å². The molecule has 0 saturated carbocycles. The van der Waals surface area contributed by atoms with Crippen LogP contribution in [0.4, 0.5) is 5.82 Å². The van der Waals surface area contributed by atoms with Crippen LogP contribution in [0.25, 0.3) is 0 Å². The normalized spacial score (nSPS) is 10.3. The Balaban J connectivity index is 2.07. The van der Waals surface area contributed by atoms with Gasteiger partial charge in [-0.2, -0.15) is 4.98 Å². The van der Waals surface area contributed by atoms with E-state index in [2.05, 4.69) is 34.3 Å². The molecule has 0 aliphatic rings. The lowest BCUT2D eigenvalue weighted by Gasteiger charge is -2.06. The molecule has 0 amide bonds. The van der Waals surface area contributed by atoms with Crippen LogP contribution in [0.2, 0.25) is 5.02 Å². The van der Waals surface area contributed by atoms with Gasteiger partial charge in [0.1, 0.15) is 5.02 Å². The number of anilines is 1. The quantitative estimate of drug-likeness (QED) is 0.926. The maximum Gasteiger partial charge on any atom is 0.318 e. The fourth-order valence-corrected chi connectivity index (χ4v) is 2.31. The van der Waals surface area contributed by atoms with Gasteiger partial charge in [0.2, 0.25) is 0 Å². The van der Waals surface area contributed by atoms with E-state index in [9.17, 15) is 0 Å². The lowest BCUT2D eigenvalue weighted by atomic mass is 10.4. The van der Waals surface area contributed by atoms with E-state index < -0.39 is 0 Å². The molecule has 0 atom stereocenters. The molecule has 0 bridgehead atoms. The number of hydrogen-bond acceptors (Lipinski definition) is 5. The fraction of sp³-hybridized carbons (Fsp3) is 0.273. The SMILES string of the molecule is COc1ncc(Cl)c(NCc2ccc(C)s2)n1. The second kappa shape index (κ2) is 5.33. The molecule has 2 aromatic heterocycles. The van der Waals surface area contributed by atoms with Crippen molar-refractivity contribution < 1.29 is 4.74 Å². The van der Waals surface area contributed by atoms with Gasteiger partial charge in [0.05, 0.1) is 19.9 Å². The van der Waals surface area contributed by atoms with Crippen molar-refractivity contribution in [1.29, 1.82) is 0 Å². The predicted octanol–water partition coefficient (Wildman–Crippen LogP) is 3.12. The molecule has 0 radical (unpaired) electrons.